The van der Waals surface area contributed by atoms with E-state index in [0.717, 1.165) is 58.0 Å². The van der Waals surface area contributed by atoms with Crippen molar-refractivity contribution < 1.29 is 23.4 Å². The molecule has 142 valence electrons. The van der Waals surface area contributed by atoms with Crippen LogP contribution in [0.3, 0.4) is 0 Å². The van der Waals surface area contributed by atoms with Crippen molar-refractivity contribution >= 4 is 5.97 Å². The number of unbranched alkanes of at least 4 members (excludes halogenated alkanes) is 6. The number of hydrogen-bond acceptors (Lipinski definition) is 4. The minimum Gasteiger partial charge on any atom is -0.491 e. The van der Waals surface area contributed by atoms with Gasteiger partial charge in [0.2, 0.25) is 0 Å². The van der Waals surface area contributed by atoms with Crippen molar-refractivity contribution in [3.63, 3.8) is 0 Å². The zero-order chi connectivity index (χ0) is 18.3. The third-order valence-corrected chi connectivity index (χ3v) is 3.90. The van der Waals surface area contributed by atoms with Crippen LogP contribution in [-0.4, -0.2) is 32.9 Å². The minimum absolute atomic E-state index is 0.186. The number of ether oxygens (including phenoxy) is 3. The highest BCUT2D eigenvalue weighted by Gasteiger charge is 2.11. The van der Waals surface area contributed by atoms with Gasteiger partial charge >= 0.3 is 5.97 Å². The lowest BCUT2D eigenvalue weighted by Gasteiger charge is -2.09. The third kappa shape index (κ3) is 9.44. The molecule has 1 aromatic carbocycles. The molecule has 0 saturated carbocycles. The van der Waals surface area contributed by atoms with Gasteiger partial charge in [-0.05, 0) is 43.9 Å². The van der Waals surface area contributed by atoms with Crippen LogP contribution in [0.15, 0.2) is 18.2 Å². The molecule has 0 saturated heterocycles. The van der Waals surface area contributed by atoms with E-state index in [4.69, 9.17) is 14.2 Å². The molecule has 0 spiro atoms. The Morgan fingerprint density at radius 1 is 0.960 bits per heavy atom. The molecule has 0 unspecified atom stereocenters. The molecule has 0 aliphatic rings. The molecular weight excluding hydrogens is 323 g/mol. The molecule has 1 aromatic rings. The van der Waals surface area contributed by atoms with Crippen molar-refractivity contribution in [1.29, 1.82) is 0 Å². The van der Waals surface area contributed by atoms with Crippen LogP contribution in [0.5, 0.6) is 5.75 Å². The second-order valence-corrected chi connectivity index (χ2v) is 6.10. The molecule has 0 aliphatic carbocycles. The van der Waals surface area contributed by atoms with Crippen LogP contribution in [-0.2, 0) is 9.47 Å². The average Bonchev–Trinajstić information content (AvgIpc) is 2.61. The molecule has 5 heteroatoms. The molecule has 4 nitrogen and oxygen atoms in total. The van der Waals surface area contributed by atoms with Gasteiger partial charge in [-0.25, -0.2) is 9.18 Å². The second kappa shape index (κ2) is 13.6. The number of esters is 1. The van der Waals surface area contributed by atoms with Gasteiger partial charge in [0.05, 0.1) is 18.8 Å². The summed E-state index contributed by atoms with van der Waals surface area (Å²) in [6.45, 7) is 3.73. The smallest absolute Gasteiger partial charge is 0.338 e. The molecule has 1 rings (SSSR count). The summed E-state index contributed by atoms with van der Waals surface area (Å²) in [4.78, 5) is 11.9. The number of hydrogen-bond donors (Lipinski definition) is 0. The van der Waals surface area contributed by atoms with E-state index in [-0.39, 0.29) is 11.3 Å². The fraction of sp³-hybridized carbons (Fsp3) is 0.650. The molecular formula is C20H31FO4. The number of methoxy groups -OCH3 is 1. The largest absolute Gasteiger partial charge is 0.491 e. The molecule has 0 fully saturated rings. The van der Waals surface area contributed by atoms with Crippen molar-refractivity contribution in [2.75, 3.05) is 26.9 Å². The van der Waals surface area contributed by atoms with Crippen molar-refractivity contribution in [3.05, 3.63) is 29.6 Å². The maximum Gasteiger partial charge on any atom is 0.338 e. The number of rotatable bonds is 14. The van der Waals surface area contributed by atoms with Gasteiger partial charge in [-0.2, -0.15) is 0 Å². The molecule has 0 atom stereocenters. The summed E-state index contributed by atoms with van der Waals surface area (Å²) >= 11 is 0. The van der Waals surface area contributed by atoms with Crippen molar-refractivity contribution in [2.45, 2.75) is 58.3 Å². The fourth-order valence-electron chi connectivity index (χ4n) is 2.41. The molecule has 25 heavy (non-hydrogen) atoms. The predicted molar refractivity (Wildman–Crippen MR) is 96.7 cm³/mol. The Morgan fingerprint density at radius 2 is 1.64 bits per heavy atom. The summed E-state index contributed by atoms with van der Waals surface area (Å²) in [7, 11) is 1.68. The topological polar surface area (TPSA) is 44.8 Å². The Kier molecular flexibility index (Phi) is 11.7. The molecule has 0 bridgehead atoms. The monoisotopic (exact) mass is 354 g/mol. The quantitative estimate of drug-likeness (QED) is 0.342. The van der Waals surface area contributed by atoms with Crippen LogP contribution in [0.25, 0.3) is 0 Å². The standard InChI is InChI=1S/C20H31FO4/c1-3-4-5-9-14-24-19-12-11-17(16-18(19)21)20(22)25-15-10-7-6-8-13-23-2/h11-12,16H,3-10,13-15H2,1-2H3. The van der Waals surface area contributed by atoms with Gasteiger partial charge in [-0.1, -0.05) is 32.6 Å². The van der Waals surface area contributed by atoms with Crippen LogP contribution in [0.1, 0.15) is 68.6 Å². The Hall–Kier alpha value is -1.62. The summed E-state index contributed by atoms with van der Waals surface area (Å²) in [5.41, 5.74) is 0.218. The molecule has 0 aromatic heterocycles. The lowest BCUT2D eigenvalue weighted by atomic mass is 10.2. The number of benzene rings is 1. The summed E-state index contributed by atoms with van der Waals surface area (Å²) in [6, 6.07) is 4.23. The van der Waals surface area contributed by atoms with Gasteiger partial charge in [0.1, 0.15) is 0 Å². The van der Waals surface area contributed by atoms with Crippen LogP contribution in [0, 0.1) is 5.82 Å². The molecule has 0 aliphatic heterocycles. The number of halogens is 1. The Bertz CT molecular complexity index is 491. The lowest BCUT2D eigenvalue weighted by Crippen LogP contribution is -2.08. The second-order valence-electron chi connectivity index (χ2n) is 6.10. The van der Waals surface area contributed by atoms with Crippen LogP contribution in [0.2, 0.25) is 0 Å². The minimum atomic E-state index is -0.524. The first-order chi connectivity index (χ1) is 12.2. The summed E-state index contributed by atoms with van der Waals surface area (Å²) in [6.07, 6.45) is 8.13. The van der Waals surface area contributed by atoms with Crippen molar-refractivity contribution in [3.8, 4) is 5.75 Å². The van der Waals surface area contributed by atoms with Crippen molar-refractivity contribution in [2.24, 2.45) is 0 Å². The first kappa shape index (κ1) is 21.4. The van der Waals surface area contributed by atoms with Gasteiger partial charge in [0.25, 0.3) is 0 Å². The van der Waals surface area contributed by atoms with E-state index in [1.807, 2.05) is 0 Å². The summed E-state index contributed by atoms with van der Waals surface area (Å²) in [5.74, 6) is -0.832. The van der Waals surface area contributed by atoms with E-state index in [2.05, 4.69) is 6.92 Å². The first-order valence-corrected chi connectivity index (χ1v) is 9.27. The Balaban J connectivity index is 2.28. The zero-order valence-corrected chi connectivity index (χ0v) is 15.5. The molecule has 0 radical (unpaired) electrons. The van der Waals surface area contributed by atoms with Gasteiger partial charge in [0, 0.05) is 13.7 Å². The van der Waals surface area contributed by atoms with Crippen LogP contribution in [0.4, 0.5) is 4.39 Å². The van der Waals surface area contributed by atoms with E-state index in [0.29, 0.717) is 13.2 Å². The van der Waals surface area contributed by atoms with Gasteiger partial charge < -0.3 is 14.2 Å². The highest BCUT2D eigenvalue weighted by molar-refractivity contribution is 5.89. The SMILES string of the molecule is CCCCCCOc1ccc(C(=O)OCCCCCCOC)cc1F. The van der Waals surface area contributed by atoms with Crippen LogP contribution >= 0.6 is 0 Å². The predicted octanol–water partition coefficient (Wildman–Crippen LogP) is 5.15. The fourth-order valence-corrected chi connectivity index (χ4v) is 2.41. The van der Waals surface area contributed by atoms with E-state index in [1.165, 1.54) is 12.1 Å². The Morgan fingerprint density at radius 3 is 2.32 bits per heavy atom. The zero-order valence-electron chi connectivity index (χ0n) is 15.5. The third-order valence-electron chi connectivity index (χ3n) is 3.90. The normalized spacial score (nSPS) is 10.7. The maximum atomic E-state index is 14.0. The first-order valence-electron chi connectivity index (χ1n) is 9.27. The average molecular weight is 354 g/mol. The van der Waals surface area contributed by atoms with Gasteiger partial charge in [-0.15, -0.1) is 0 Å². The van der Waals surface area contributed by atoms with Gasteiger partial charge in [-0.3, -0.25) is 0 Å². The summed E-state index contributed by atoms with van der Waals surface area (Å²) in [5, 5.41) is 0. The van der Waals surface area contributed by atoms with Crippen molar-refractivity contribution in [1.82, 2.24) is 0 Å². The number of carbonyl (C=O) groups excluding carboxylic acids is 1. The maximum absolute atomic E-state index is 14.0. The lowest BCUT2D eigenvalue weighted by molar-refractivity contribution is 0.0496. The van der Waals surface area contributed by atoms with E-state index in [1.54, 1.807) is 13.2 Å². The van der Waals surface area contributed by atoms with Gasteiger partial charge in [0.15, 0.2) is 11.6 Å². The molecule has 0 amide bonds. The van der Waals surface area contributed by atoms with E-state index >= 15 is 0 Å². The van der Waals surface area contributed by atoms with E-state index in [9.17, 15) is 9.18 Å². The van der Waals surface area contributed by atoms with Crippen LogP contribution < -0.4 is 4.74 Å². The summed E-state index contributed by atoms with van der Waals surface area (Å²) < 4.78 is 29.6. The molecule has 0 N–H and O–H groups in total. The number of carbonyl (C=O) groups is 1. The Labute approximate surface area is 150 Å². The van der Waals surface area contributed by atoms with E-state index < -0.39 is 11.8 Å². The highest BCUT2D eigenvalue weighted by atomic mass is 19.1. The highest BCUT2D eigenvalue weighted by Crippen LogP contribution is 2.19. The molecule has 0 heterocycles.